The van der Waals surface area contributed by atoms with Crippen LogP contribution in [0.15, 0.2) is 53.9 Å². The van der Waals surface area contributed by atoms with Gasteiger partial charge in [0.1, 0.15) is 17.7 Å². The number of rotatable bonds is 12. The minimum absolute atomic E-state index is 0.0423. The number of aromatic nitrogens is 1. The summed E-state index contributed by atoms with van der Waals surface area (Å²) in [4.78, 5) is 56.9. The molecule has 4 rings (SSSR count). The minimum atomic E-state index is -0.857. The highest BCUT2D eigenvalue weighted by molar-refractivity contribution is 7.09. The number of hydrogen-bond acceptors (Lipinski definition) is 9. The van der Waals surface area contributed by atoms with Gasteiger partial charge in [0.15, 0.2) is 11.8 Å². The maximum Gasteiger partial charge on any atom is 0.407 e. The lowest BCUT2D eigenvalue weighted by atomic mass is 9.94. The molecule has 3 unspecified atom stereocenters. The van der Waals surface area contributed by atoms with Crippen LogP contribution >= 0.6 is 11.3 Å². The Balaban J connectivity index is 1.46. The van der Waals surface area contributed by atoms with Gasteiger partial charge in [0.2, 0.25) is 5.91 Å². The normalized spacial score (nSPS) is 14.2. The zero-order valence-corrected chi connectivity index (χ0v) is 27.6. The molecule has 240 valence electrons. The van der Waals surface area contributed by atoms with E-state index in [0.29, 0.717) is 5.01 Å². The van der Waals surface area contributed by atoms with Crippen molar-refractivity contribution in [3.63, 3.8) is 0 Å². The highest BCUT2D eigenvalue weighted by atomic mass is 32.1. The van der Waals surface area contributed by atoms with E-state index in [2.05, 4.69) is 22.4 Å². The Labute approximate surface area is 268 Å². The topological polar surface area (TPSA) is 124 Å². The molecule has 2 aromatic carbocycles. The zero-order chi connectivity index (χ0) is 32.8. The van der Waals surface area contributed by atoms with Crippen molar-refractivity contribution < 1.29 is 33.4 Å². The molecule has 10 nitrogen and oxygen atoms in total. The lowest BCUT2D eigenvalue weighted by Gasteiger charge is -2.36. The van der Waals surface area contributed by atoms with E-state index in [1.165, 1.54) is 25.4 Å². The predicted molar refractivity (Wildman–Crippen MR) is 171 cm³/mol. The molecule has 0 fully saturated rings. The third-order valence-electron chi connectivity index (χ3n) is 8.12. The number of carbonyl (C=O) groups is 4. The third kappa shape index (κ3) is 7.70. The van der Waals surface area contributed by atoms with E-state index in [9.17, 15) is 19.2 Å². The van der Waals surface area contributed by atoms with E-state index < -0.39 is 36.2 Å². The largest absolute Gasteiger partial charge is 0.464 e. The van der Waals surface area contributed by atoms with E-state index in [-0.39, 0.29) is 42.4 Å². The Bertz CT molecular complexity index is 1490. The molecule has 45 heavy (non-hydrogen) atoms. The van der Waals surface area contributed by atoms with E-state index in [4.69, 9.17) is 14.2 Å². The first kappa shape index (κ1) is 33.6. The summed E-state index contributed by atoms with van der Waals surface area (Å²) in [7, 11) is 2.94. The summed E-state index contributed by atoms with van der Waals surface area (Å²) >= 11 is 1.18. The Morgan fingerprint density at radius 3 is 2.09 bits per heavy atom. The lowest BCUT2D eigenvalue weighted by molar-refractivity contribution is -0.148. The quantitative estimate of drug-likeness (QED) is 0.191. The van der Waals surface area contributed by atoms with Gasteiger partial charge in [-0.15, -0.1) is 11.3 Å². The summed E-state index contributed by atoms with van der Waals surface area (Å²) in [6.07, 6.45) is -1.22. The molecular weight excluding hydrogens is 594 g/mol. The second kappa shape index (κ2) is 14.7. The highest BCUT2D eigenvalue weighted by Gasteiger charge is 2.36. The average Bonchev–Trinajstić information content (AvgIpc) is 3.63. The number of likely N-dealkylation sites (N-methyl/N-ethyl adjacent to an activating group) is 1. The Morgan fingerprint density at radius 2 is 1.56 bits per heavy atom. The van der Waals surface area contributed by atoms with Crippen LogP contribution in [0.25, 0.3) is 11.1 Å². The lowest BCUT2D eigenvalue weighted by Crippen LogP contribution is -2.54. The molecule has 0 saturated heterocycles. The van der Waals surface area contributed by atoms with Crippen molar-refractivity contribution >= 4 is 35.3 Å². The maximum atomic E-state index is 13.9. The molecule has 0 bridgehead atoms. The second-order valence-electron chi connectivity index (χ2n) is 11.8. The van der Waals surface area contributed by atoms with Crippen molar-refractivity contribution in [3.05, 3.63) is 75.7 Å². The number of hydrogen-bond donors (Lipinski definition) is 1. The Morgan fingerprint density at radius 1 is 0.956 bits per heavy atom. The van der Waals surface area contributed by atoms with Crippen molar-refractivity contribution in [1.82, 2.24) is 15.2 Å². The Kier molecular flexibility index (Phi) is 11.0. The molecule has 3 atom stereocenters. The highest BCUT2D eigenvalue weighted by Crippen LogP contribution is 2.44. The number of nitrogens with zero attached hydrogens (tertiary/aromatic N) is 2. The van der Waals surface area contributed by atoms with Crippen LogP contribution in [0.5, 0.6) is 0 Å². The van der Waals surface area contributed by atoms with E-state index >= 15 is 0 Å². The summed E-state index contributed by atoms with van der Waals surface area (Å²) in [5, 5.41) is 4.77. The summed E-state index contributed by atoms with van der Waals surface area (Å²) in [6, 6.07) is 14.9. The first-order chi connectivity index (χ1) is 21.4. The van der Waals surface area contributed by atoms with Gasteiger partial charge in [-0.2, -0.15) is 0 Å². The SMILES string of the molecule is COC(=O)c1csc(C(CC(C(C)C)N(C)C(=O)C(NC(=O)OCC2c3ccccc3-c3ccccc32)C(C)C)OC(C)=O)n1. The van der Waals surface area contributed by atoms with Crippen LogP contribution in [0.4, 0.5) is 4.79 Å². The van der Waals surface area contributed by atoms with E-state index in [1.54, 1.807) is 17.3 Å². The van der Waals surface area contributed by atoms with Crippen molar-refractivity contribution in [1.29, 1.82) is 0 Å². The van der Waals surface area contributed by atoms with Crippen molar-refractivity contribution in [2.24, 2.45) is 11.8 Å². The van der Waals surface area contributed by atoms with Gasteiger partial charge in [-0.25, -0.2) is 14.6 Å². The van der Waals surface area contributed by atoms with Crippen molar-refractivity contribution in [3.8, 4) is 11.1 Å². The van der Waals surface area contributed by atoms with Crippen LogP contribution in [0, 0.1) is 11.8 Å². The molecule has 0 spiro atoms. The molecule has 11 heteroatoms. The fourth-order valence-electron chi connectivity index (χ4n) is 5.79. The molecule has 1 aliphatic carbocycles. The molecule has 1 N–H and O–H groups in total. The fourth-order valence-corrected chi connectivity index (χ4v) is 6.62. The number of amides is 2. The van der Waals surface area contributed by atoms with Crippen LogP contribution in [-0.4, -0.2) is 66.7 Å². The zero-order valence-electron chi connectivity index (χ0n) is 26.7. The van der Waals surface area contributed by atoms with Gasteiger partial charge in [-0.3, -0.25) is 9.59 Å². The number of thiazole rings is 1. The molecule has 0 saturated carbocycles. The summed E-state index contributed by atoms with van der Waals surface area (Å²) in [6.45, 7) is 9.07. The fraction of sp³-hybridized carbons (Fsp3) is 0.441. The van der Waals surface area contributed by atoms with Crippen molar-refractivity contribution in [2.45, 2.75) is 65.1 Å². The number of carbonyl (C=O) groups excluding carboxylic acids is 4. The van der Waals surface area contributed by atoms with Gasteiger partial charge in [-0.05, 0) is 34.1 Å². The van der Waals surface area contributed by atoms with Gasteiger partial charge in [0.25, 0.3) is 0 Å². The van der Waals surface area contributed by atoms with Crippen LogP contribution in [0.2, 0.25) is 0 Å². The number of nitrogens with one attached hydrogen (secondary N) is 1. The summed E-state index contributed by atoms with van der Waals surface area (Å²) in [5.74, 6) is -1.78. The molecule has 0 radical (unpaired) electrons. The summed E-state index contributed by atoms with van der Waals surface area (Å²) in [5.41, 5.74) is 4.58. The van der Waals surface area contributed by atoms with Gasteiger partial charge in [0, 0.05) is 37.7 Å². The first-order valence-corrected chi connectivity index (χ1v) is 15.9. The smallest absolute Gasteiger partial charge is 0.407 e. The van der Waals surface area contributed by atoms with E-state index in [0.717, 1.165) is 22.3 Å². The maximum absolute atomic E-state index is 13.9. The molecular formula is C34H41N3O7S. The van der Waals surface area contributed by atoms with Crippen LogP contribution in [-0.2, 0) is 23.8 Å². The molecule has 0 aliphatic heterocycles. The minimum Gasteiger partial charge on any atom is -0.464 e. The van der Waals surface area contributed by atoms with Gasteiger partial charge < -0.3 is 24.4 Å². The molecule has 3 aromatic rings. The number of benzene rings is 2. The average molecular weight is 636 g/mol. The van der Waals surface area contributed by atoms with Gasteiger partial charge in [-0.1, -0.05) is 76.2 Å². The predicted octanol–water partition coefficient (Wildman–Crippen LogP) is 5.97. The van der Waals surface area contributed by atoms with Crippen LogP contribution in [0.3, 0.4) is 0 Å². The molecule has 2 amide bonds. The van der Waals surface area contributed by atoms with Gasteiger partial charge >= 0.3 is 18.0 Å². The number of methoxy groups -OCH3 is 1. The molecule has 1 aromatic heterocycles. The van der Waals surface area contributed by atoms with Gasteiger partial charge in [0.05, 0.1) is 7.11 Å². The number of alkyl carbamates (subject to hydrolysis) is 1. The molecule has 1 heterocycles. The third-order valence-corrected chi connectivity index (χ3v) is 9.06. The number of esters is 2. The number of ether oxygens (including phenoxy) is 3. The standard InChI is InChI=1S/C34H41N3O7S/c1-19(2)28(16-29(44-21(5)38)31-35-27(18-45-31)33(40)42-7)37(6)32(39)30(20(3)4)36-34(41)43-17-26-24-14-10-8-12-22(24)23-13-9-11-15-25(23)26/h8-15,18-20,26,28-30H,16-17H2,1-7H3,(H,36,41). The van der Waals surface area contributed by atoms with Crippen LogP contribution in [0.1, 0.15) is 79.7 Å². The second-order valence-corrected chi connectivity index (χ2v) is 12.7. The Hall–Kier alpha value is -4.25. The van der Waals surface area contributed by atoms with Crippen molar-refractivity contribution in [2.75, 3.05) is 20.8 Å². The van der Waals surface area contributed by atoms with Crippen LogP contribution < -0.4 is 5.32 Å². The summed E-state index contributed by atoms with van der Waals surface area (Å²) < 4.78 is 16.1. The monoisotopic (exact) mass is 635 g/mol. The first-order valence-electron chi connectivity index (χ1n) is 15.0. The molecule has 1 aliphatic rings. The number of fused-ring (bicyclic) bond motifs is 3. The van der Waals surface area contributed by atoms with E-state index in [1.807, 2.05) is 64.1 Å².